The second kappa shape index (κ2) is 6.35. The molecule has 0 aliphatic carbocycles. The van der Waals surface area contributed by atoms with E-state index in [0.29, 0.717) is 0 Å². The van der Waals surface area contributed by atoms with Crippen molar-refractivity contribution < 1.29 is 27.8 Å². The van der Waals surface area contributed by atoms with Gasteiger partial charge in [0.05, 0.1) is 11.1 Å². The van der Waals surface area contributed by atoms with E-state index < -0.39 is 29.2 Å². The number of halogens is 4. The summed E-state index contributed by atoms with van der Waals surface area (Å²) >= 11 is 5.71. The van der Waals surface area contributed by atoms with Gasteiger partial charge in [0.25, 0.3) is 0 Å². The topological polar surface area (TPSA) is 59.4 Å². The van der Waals surface area contributed by atoms with E-state index in [1.54, 1.807) is 0 Å². The molecule has 0 aliphatic rings. The molecule has 0 atom stereocenters. The van der Waals surface area contributed by atoms with Crippen LogP contribution >= 0.6 is 11.6 Å². The van der Waals surface area contributed by atoms with Gasteiger partial charge < -0.3 is 9.84 Å². The van der Waals surface area contributed by atoms with Gasteiger partial charge in [-0.15, -0.1) is 0 Å². The minimum absolute atomic E-state index is 0. The second-order valence-corrected chi connectivity index (χ2v) is 3.86. The third-order valence-electron chi connectivity index (χ3n) is 2.28. The molecule has 9 heteroatoms. The Morgan fingerprint density at radius 3 is 2.60 bits per heavy atom. The molecule has 4 nitrogen and oxygen atoms in total. The molecule has 1 aromatic heterocycles. The van der Waals surface area contributed by atoms with Crippen LogP contribution in [0.2, 0.25) is 5.02 Å². The van der Waals surface area contributed by atoms with E-state index in [2.05, 4.69) is 9.72 Å². The van der Waals surface area contributed by atoms with Gasteiger partial charge in [-0.2, -0.15) is 8.78 Å². The number of nitrogens with zero attached hydrogens (tertiary/aromatic N) is 1. The first kappa shape index (κ1) is 16.6. The van der Waals surface area contributed by atoms with Crippen molar-refractivity contribution in [2.45, 2.75) is 6.61 Å². The van der Waals surface area contributed by atoms with E-state index in [-0.39, 0.29) is 35.3 Å². The largest absolute Gasteiger partial charge is 0.478 e. The van der Waals surface area contributed by atoms with Gasteiger partial charge in [0, 0.05) is 30.4 Å². The van der Waals surface area contributed by atoms with Crippen LogP contribution in [0.1, 0.15) is 10.4 Å². The van der Waals surface area contributed by atoms with E-state index >= 15 is 0 Å². The number of aromatic nitrogens is 1. The smallest absolute Gasteiger partial charge is 0.387 e. The summed E-state index contributed by atoms with van der Waals surface area (Å²) in [7, 11) is 0. The van der Waals surface area contributed by atoms with Gasteiger partial charge in [0.1, 0.15) is 5.02 Å². The Morgan fingerprint density at radius 1 is 1.40 bits per heavy atom. The van der Waals surface area contributed by atoms with Crippen LogP contribution in [-0.2, 0) is 0 Å². The SMILES string of the molecule is O=C(O)c1cnc2c(Cl)c(OC(F)F)c(F)cc2c1.[Li]. The van der Waals surface area contributed by atoms with E-state index in [1.807, 2.05) is 0 Å². The van der Waals surface area contributed by atoms with Crippen LogP contribution in [0.25, 0.3) is 10.9 Å². The Balaban J connectivity index is 0.00000200. The summed E-state index contributed by atoms with van der Waals surface area (Å²) in [4.78, 5) is 14.4. The normalized spacial score (nSPS) is 10.4. The summed E-state index contributed by atoms with van der Waals surface area (Å²) in [6.45, 7) is -3.23. The van der Waals surface area contributed by atoms with Gasteiger partial charge in [-0.05, 0) is 12.1 Å². The van der Waals surface area contributed by atoms with Gasteiger partial charge in [0.2, 0.25) is 0 Å². The average molecular weight is 299 g/mol. The molecule has 0 saturated heterocycles. The maximum atomic E-state index is 13.6. The van der Waals surface area contributed by atoms with E-state index in [0.717, 1.165) is 18.3 Å². The molecule has 0 amide bonds. The first-order chi connectivity index (χ1) is 8.90. The maximum absolute atomic E-state index is 13.6. The minimum Gasteiger partial charge on any atom is -0.478 e. The molecule has 0 bridgehead atoms. The van der Waals surface area contributed by atoms with Crippen LogP contribution in [0.15, 0.2) is 18.3 Å². The number of hydrogen-bond acceptors (Lipinski definition) is 3. The summed E-state index contributed by atoms with van der Waals surface area (Å²) in [6.07, 6.45) is 0.987. The summed E-state index contributed by atoms with van der Waals surface area (Å²) in [5, 5.41) is 8.40. The molecule has 1 radical (unpaired) electrons. The van der Waals surface area contributed by atoms with Gasteiger partial charge in [-0.3, -0.25) is 4.98 Å². The Bertz CT molecular complexity index is 669. The molecule has 20 heavy (non-hydrogen) atoms. The number of ether oxygens (including phenoxy) is 1. The molecule has 0 fully saturated rings. The van der Waals surface area contributed by atoms with Crippen LogP contribution in [0.3, 0.4) is 0 Å². The van der Waals surface area contributed by atoms with Gasteiger partial charge in [-0.25, -0.2) is 9.18 Å². The van der Waals surface area contributed by atoms with E-state index in [9.17, 15) is 18.0 Å². The zero-order valence-electron chi connectivity index (χ0n) is 10.0. The quantitative estimate of drug-likeness (QED) is 0.885. The predicted octanol–water partition coefficient (Wildman–Crippen LogP) is 2.95. The monoisotopic (exact) mass is 298 g/mol. The number of fused-ring (bicyclic) bond motifs is 1. The third kappa shape index (κ3) is 3.18. The van der Waals surface area contributed by atoms with E-state index in [1.165, 1.54) is 0 Å². The molecule has 0 spiro atoms. The predicted molar refractivity (Wildman–Crippen MR) is 66.1 cm³/mol. The number of benzene rings is 1. The van der Waals surface area contributed by atoms with Gasteiger partial charge in [0.15, 0.2) is 11.6 Å². The molecular formula is C11H5ClF3LiNO3. The molecule has 2 aromatic rings. The number of aromatic carboxylic acids is 1. The van der Waals surface area contributed by atoms with Crippen molar-refractivity contribution in [3.63, 3.8) is 0 Å². The zero-order chi connectivity index (χ0) is 14.2. The summed E-state index contributed by atoms with van der Waals surface area (Å²) in [6, 6.07) is 1.96. The van der Waals surface area contributed by atoms with Crippen molar-refractivity contribution in [2.24, 2.45) is 0 Å². The minimum atomic E-state index is -3.23. The Labute approximate surface area is 127 Å². The fraction of sp³-hybridized carbons (Fsp3) is 0.0909. The number of carboxylic acid groups (broad SMARTS) is 1. The van der Waals surface area contributed by atoms with Crippen LogP contribution < -0.4 is 4.74 Å². The van der Waals surface area contributed by atoms with Gasteiger partial charge in [-0.1, -0.05) is 11.6 Å². The Hall–Kier alpha value is -1.42. The van der Waals surface area contributed by atoms with Crippen molar-refractivity contribution >= 4 is 47.3 Å². The number of alkyl halides is 2. The molecule has 0 unspecified atom stereocenters. The van der Waals surface area contributed by atoms with Crippen LogP contribution in [-0.4, -0.2) is 41.5 Å². The number of rotatable bonds is 3. The molecule has 1 aromatic carbocycles. The summed E-state index contributed by atoms with van der Waals surface area (Å²) in [5.41, 5.74) is -0.200. The number of pyridine rings is 1. The van der Waals surface area contributed by atoms with Crippen LogP contribution in [0.4, 0.5) is 13.2 Å². The molecule has 101 valence electrons. The first-order valence-electron chi connectivity index (χ1n) is 4.86. The van der Waals surface area contributed by atoms with Crippen molar-refractivity contribution in [1.29, 1.82) is 0 Å². The third-order valence-corrected chi connectivity index (χ3v) is 2.63. The molecule has 2 rings (SSSR count). The number of hydrogen-bond donors (Lipinski definition) is 1. The Morgan fingerprint density at radius 2 is 2.05 bits per heavy atom. The molecule has 1 heterocycles. The van der Waals surface area contributed by atoms with E-state index in [4.69, 9.17) is 16.7 Å². The molecule has 0 saturated carbocycles. The first-order valence-corrected chi connectivity index (χ1v) is 5.24. The molecule has 1 N–H and O–H groups in total. The second-order valence-electron chi connectivity index (χ2n) is 3.48. The average Bonchev–Trinajstić information content (AvgIpc) is 2.33. The van der Waals surface area contributed by atoms with Crippen molar-refractivity contribution in [3.05, 3.63) is 34.7 Å². The standard InChI is InChI=1S/C11H5ClF3NO3.Li/c12-7-8-4(1-5(3-16-8)10(17)18)2-6(13)9(7)19-11(14)15;/h1-3,11H,(H,17,18);. The molecule has 0 aliphatic heterocycles. The Kier molecular flexibility index (Phi) is 5.28. The maximum Gasteiger partial charge on any atom is 0.387 e. The summed E-state index contributed by atoms with van der Waals surface area (Å²) < 4.78 is 41.7. The number of carboxylic acids is 1. The van der Waals surface area contributed by atoms with Crippen LogP contribution in [0, 0.1) is 5.82 Å². The van der Waals surface area contributed by atoms with Crippen molar-refractivity contribution in [3.8, 4) is 5.75 Å². The van der Waals surface area contributed by atoms with Crippen molar-refractivity contribution in [1.82, 2.24) is 4.98 Å². The van der Waals surface area contributed by atoms with Crippen LogP contribution in [0.5, 0.6) is 5.75 Å². The number of carbonyl (C=O) groups is 1. The fourth-order valence-corrected chi connectivity index (χ4v) is 1.80. The molecular weight excluding hydrogens is 294 g/mol. The fourth-order valence-electron chi connectivity index (χ4n) is 1.50. The van der Waals surface area contributed by atoms with Crippen molar-refractivity contribution in [2.75, 3.05) is 0 Å². The zero-order valence-corrected chi connectivity index (χ0v) is 10.8. The van der Waals surface area contributed by atoms with Gasteiger partial charge >= 0.3 is 12.6 Å². The summed E-state index contributed by atoms with van der Waals surface area (Å²) in [5.74, 6) is -3.19.